The molecule has 0 aliphatic heterocycles. The molecule has 0 bridgehead atoms. The predicted octanol–water partition coefficient (Wildman–Crippen LogP) is 2.82. The second-order valence-corrected chi connectivity index (χ2v) is 26.5. The normalized spacial score (nSPS) is 47.8. The van der Waals surface area contributed by atoms with Crippen LogP contribution in [0.2, 0.25) is 0 Å². The lowest BCUT2D eigenvalue weighted by Gasteiger charge is -2.62. The molecule has 20 atom stereocenters. The Morgan fingerprint density at radius 1 is 0.536 bits per heavy atom. The van der Waals surface area contributed by atoms with Gasteiger partial charge in [0.15, 0.2) is 11.6 Å². The minimum Gasteiger partial charge on any atom is -0.390 e. The maximum atomic E-state index is 13.3. The zero-order valence-corrected chi connectivity index (χ0v) is 42.9. The van der Waals surface area contributed by atoms with Crippen LogP contribution in [0.1, 0.15) is 172 Å². The third-order valence-corrected chi connectivity index (χ3v) is 21.2. The molecule has 0 spiro atoms. The first kappa shape index (κ1) is 55.1. The van der Waals surface area contributed by atoms with Crippen LogP contribution in [0.15, 0.2) is 23.3 Å². The van der Waals surface area contributed by atoms with E-state index < -0.39 is 109 Å². The summed E-state index contributed by atoms with van der Waals surface area (Å²) in [6.07, 6.45) is 2.20. The topological polar surface area (TPSA) is 297 Å². The van der Waals surface area contributed by atoms with Crippen molar-refractivity contribution in [1.29, 1.82) is 0 Å². The van der Waals surface area contributed by atoms with Gasteiger partial charge in [-0.2, -0.15) is 0 Å². The SMILES string of the molecule is CC(C)(O)CCC(O)[C@](C)(O)[C@H]1CC[C@@]2(O)C3=CC(=O)C4(O)CC(O)C(O)C[C@]4(C)[C@H]3CC[C@]12C.CC(C)(O)CCC(O)[C@](C)(O)[C@H]1CC[C@@]2(O)C3=CC(=O)C4CC(O)C(O)C[C@]4(C)[C@H]3CC[C@]12C. The van der Waals surface area contributed by atoms with Crippen molar-refractivity contribution in [3.63, 3.8) is 0 Å². The zero-order valence-electron chi connectivity index (χ0n) is 42.9. The Bertz CT molecular complexity index is 2050. The second kappa shape index (κ2) is 17.4. The largest absolute Gasteiger partial charge is 0.390 e. The minimum atomic E-state index is -1.82. The average molecular weight is 977 g/mol. The van der Waals surface area contributed by atoms with E-state index in [4.69, 9.17) is 0 Å². The number of allylic oxidation sites excluding steroid dienone is 1. The Morgan fingerprint density at radius 3 is 1.42 bits per heavy atom. The summed E-state index contributed by atoms with van der Waals surface area (Å²) in [5, 5.41) is 142. The van der Waals surface area contributed by atoms with Crippen LogP contribution in [0.3, 0.4) is 0 Å². The third kappa shape index (κ3) is 8.43. The molecule has 0 aromatic heterocycles. The van der Waals surface area contributed by atoms with Crippen molar-refractivity contribution < 1.29 is 76.0 Å². The lowest BCUT2D eigenvalue weighted by atomic mass is 9.44. The molecular weight excluding hydrogens is 889 g/mol. The Kier molecular flexibility index (Phi) is 13.9. The van der Waals surface area contributed by atoms with Crippen LogP contribution in [0.5, 0.6) is 0 Å². The number of fused-ring (bicyclic) bond motifs is 10. The summed E-state index contributed by atoms with van der Waals surface area (Å²) < 4.78 is 0. The van der Waals surface area contributed by atoms with Gasteiger partial charge in [-0.1, -0.05) is 27.7 Å². The number of rotatable bonds is 10. The van der Waals surface area contributed by atoms with E-state index in [1.807, 2.05) is 20.8 Å². The molecule has 69 heavy (non-hydrogen) atoms. The smallest absolute Gasteiger partial charge is 0.187 e. The van der Waals surface area contributed by atoms with Gasteiger partial charge in [-0.15, -0.1) is 0 Å². The van der Waals surface area contributed by atoms with E-state index in [0.29, 0.717) is 81.8 Å². The summed E-state index contributed by atoms with van der Waals surface area (Å²) >= 11 is 0. The molecule has 8 unspecified atom stereocenters. The van der Waals surface area contributed by atoms with Crippen LogP contribution in [0.25, 0.3) is 0 Å². The lowest BCUT2D eigenvalue weighted by Crippen LogP contribution is -2.69. The van der Waals surface area contributed by atoms with Crippen molar-refractivity contribution in [2.45, 2.75) is 248 Å². The molecule has 8 aliphatic rings. The first-order valence-electron chi connectivity index (χ1n) is 26.0. The molecule has 8 aliphatic carbocycles. The number of aliphatic hydroxyl groups is 13. The zero-order chi connectivity index (χ0) is 51.9. The highest BCUT2D eigenvalue weighted by Gasteiger charge is 2.73. The molecule has 0 saturated heterocycles. The Hall–Kier alpha value is -1.70. The molecule has 15 nitrogen and oxygen atoms in total. The molecule has 6 saturated carbocycles. The summed E-state index contributed by atoms with van der Waals surface area (Å²) in [5.41, 5.74) is -11.3. The summed E-state index contributed by atoms with van der Waals surface area (Å²) in [7, 11) is 0. The van der Waals surface area contributed by atoms with E-state index in [-0.39, 0.29) is 61.6 Å². The fourth-order valence-corrected chi connectivity index (χ4v) is 16.6. The molecule has 6 fully saturated rings. The molecule has 0 heterocycles. The van der Waals surface area contributed by atoms with Gasteiger partial charge in [-0.05, 0) is 190 Å². The Labute approximate surface area is 408 Å². The average Bonchev–Trinajstić information content (AvgIpc) is 3.68. The van der Waals surface area contributed by atoms with Gasteiger partial charge < -0.3 is 66.4 Å². The standard InChI is InChI=1S/C27H44O8.C27H44O7/c1-22(2,32)9-8-20(30)25(5,33)19-7-11-26(34)16-12-21(31)27(35)14-18(29)17(28)13-24(27,4)15(16)6-10-23(19,26)3;1-23(2,32)9-8-22(31)26(5,33)21-7-11-27(34)16-12-18(28)17-13-19(29)20(30)14-24(17,3)15(16)6-10-25(21,27)4/h12,15,17-20,28-30,32-35H,6-11,13-14H2,1-5H3;12,15,17,19-22,29-34H,6-11,13-14H2,1-5H3/t15-,17?,18?,19-,20?,23+,24+,25+,26+,27?;15-,17?,19?,20?,21-,22?,24+,25+,26+,27+/m00/s1. The molecule has 0 aromatic carbocycles. The number of aliphatic hydroxyl groups excluding tert-OH is 6. The Morgan fingerprint density at radius 2 is 0.957 bits per heavy atom. The van der Waals surface area contributed by atoms with Gasteiger partial charge in [-0.3, -0.25) is 9.59 Å². The van der Waals surface area contributed by atoms with E-state index in [1.54, 1.807) is 54.5 Å². The first-order chi connectivity index (χ1) is 31.3. The van der Waals surface area contributed by atoms with Gasteiger partial charge in [0.1, 0.15) is 5.60 Å². The maximum absolute atomic E-state index is 13.3. The number of hydrogen-bond donors (Lipinski definition) is 13. The van der Waals surface area contributed by atoms with Crippen molar-refractivity contribution in [3.8, 4) is 0 Å². The summed E-state index contributed by atoms with van der Waals surface area (Å²) in [6, 6.07) is 0. The molecule has 0 amide bonds. The van der Waals surface area contributed by atoms with Crippen molar-refractivity contribution >= 4 is 11.6 Å². The van der Waals surface area contributed by atoms with Gasteiger partial charge in [0.2, 0.25) is 0 Å². The minimum absolute atomic E-state index is 0.0437. The highest BCUT2D eigenvalue weighted by molar-refractivity contribution is 6.00. The van der Waals surface area contributed by atoms with Gasteiger partial charge in [0, 0.05) is 28.6 Å². The monoisotopic (exact) mass is 977 g/mol. The number of ketones is 2. The Balaban J connectivity index is 0.000000204. The molecule has 13 N–H and O–H groups in total. The van der Waals surface area contributed by atoms with E-state index in [1.165, 1.54) is 6.08 Å². The van der Waals surface area contributed by atoms with E-state index >= 15 is 0 Å². The molecular formula is C54H88O15. The fourth-order valence-electron chi connectivity index (χ4n) is 16.6. The van der Waals surface area contributed by atoms with Crippen LogP contribution in [0.4, 0.5) is 0 Å². The van der Waals surface area contributed by atoms with E-state index in [2.05, 4.69) is 0 Å². The summed E-state index contributed by atoms with van der Waals surface area (Å²) in [4.78, 5) is 26.6. The molecule has 0 aromatic rings. The number of hydrogen-bond acceptors (Lipinski definition) is 15. The van der Waals surface area contributed by atoms with Crippen LogP contribution in [-0.2, 0) is 9.59 Å². The third-order valence-electron chi connectivity index (χ3n) is 21.2. The van der Waals surface area contributed by atoms with Crippen LogP contribution >= 0.6 is 0 Å². The van der Waals surface area contributed by atoms with Gasteiger partial charge in [-0.25, -0.2) is 0 Å². The number of carbonyl (C=O) groups excluding carboxylic acids is 2. The molecule has 0 radical (unpaired) electrons. The quantitative estimate of drug-likeness (QED) is 0.150. The summed E-state index contributed by atoms with van der Waals surface area (Å²) in [6.45, 7) is 17.5. The maximum Gasteiger partial charge on any atom is 0.187 e. The van der Waals surface area contributed by atoms with Crippen molar-refractivity contribution in [3.05, 3.63) is 23.3 Å². The van der Waals surface area contributed by atoms with E-state index in [9.17, 15) is 76.0 Å². The predicted molar refractivity (Wildman–Crippen MR) is 255 cm³/mol. The number of carbonyl (C=O) groups is 2. The lowest BCUT2D eigenvalue weighted by molar-refractivity contribution is -0.211. The van der Waals surface area contributed by atoms with Gasteiger partial charge >= 0.3 is 0 Å². The first-order valence-corrected chi connectivity index (χ1v) is 26.0. The highest BCUT2D eigenvalue weighted by Crippen LogP contribution is 2.71. The highest BCUT2D eigenvalue weighted by atomic mass is 16.4. The van der Waals surface area contributed by atoms with Crippen LogP contribution < -0.4 is 0 Å². The van der Waals surface area contributed by atoms with Crippen LogP contribution in [0, 0.1) is 51.2 Å². The van der Waals surface area contributed by atoms with Crippen molar-refractivity contribution in [1.82, 2.24) is 0 Å². The van der Waals surface area contributed by atoms with Crippen molar-refractivity contribution in [2.75, 3.05) is 0 Å². The molecule has 15 heteroatoms. The molecule has 394 valence electrons. The summed E-state index contributed by atoms with van der Waals surface area (Å²) in [5.74, 6) is -2.33. The molecule has 8 rings (SSSR count). The van der Waals surface area contributed by atoms with Crippen molar-refractivity contribution in [2.24, 2.45) is 51.2 Å². The fraction of sp³-hybridized carbons (Fsp3) is 0.889. The van der Waals surface area contributed by atoms with Gasteiger partial charge in [0.05, 0.1) is 70.2 Å². The van der Waals surface area contributed by atoms with Gasteiger partial charge in [0.25, 0.3) is 0 Å². The second-order valence-electron chi connectivity index (χ2n) is 26.5. The van der Waals surface area contributed by atoms with E-state index in [0.717, 1.165) is 0 Å². The van der Waals surface area contributed by atoms with Crippen LogP contribution in [-0.4, -0.2) is 154 Å².